The summed E-state index contributed by atoms with van der Waals surface area (Å²) in [4.78, 5) is 16.0. The number of rotatable bonds is 5. The number of benzene rings is 2. The maximum absolute atomic E-state index is 14.1. The van der Waals surface area contributed by atoms with Crippen LogP contribution in [0.25, 0.3) is 0 Å². The van der Waals surface area contributed by atoms with Crippen LogP contribution < -0.4 is 20.1 Å². The van der Waals surface area contributed by atoms with Crippen LogP contribution in [-0.2, 0) is 0 Å². The van der Waals surface area contributed by atoms with Gasteiger partial charge in [0.1, 0.15) is 5.82 Å². The van der Waals surface area contributed by atoms with Crippen molar-refractivity contribution in [3.8, 4) is 17.2 Å². The van der Waals surface area contributed by atoms with E-state index < -0.39 is 17.7 Å². The van der Waals surface area contributed by atoms with Crippen LogP contribution in [0.3, 0.4) is 0 Å². The first-order valence-corrected chi connectivity index (χ1v) is 8.22. The zero-order valence-electron chi connectivity index (χ0n) is 13.5. The Bertz CT molecular complexity index is 920. The number of anilines is 2. The van der Waals surface area contributed by atoms with E-state index >= 15 is 0 Å². The number of thiazole rings is 1. The van der Waals surface area contributed by atoms with Gasteiger partial charge in [-0.15, -0.1) is 11.3 Å². The van der Waals surface area contributed by atoms with Gasteiger partial charge in [0.05, 0.1) is 12.8 Å². The van der Waals surface area contributed by atoms with Crippen molar-refractivity contribution in [1.29, 1.82) is 0 Å². The Labute approximate surface area is 151 Å². The van der Waals surface area contributed by atoms with Crippen molar-refractivity contribution in [2.75, 3.05) is 17.7 Å². The second kappa shape index (κ2) is 7.79. The second-order valence-corrected chi connectivity index (χ2v) is 5.82. The predicted molar refractivity (Wildman–Crippen MR) is 94.2 cm³/mol. The maximum atomic E-state index is 14.1. The van der Waals surface area contributed by atoms with Gasteiger partial charge in [-0.1, -0.05) is 6.07 Å². The van der Waals surface area contributed by atoms with Crippen molar-refractivity contribution >= 4 is 28.2 Å². The van der Waals surface area contributed by atoms with E-state index in [0.717, 1.165) is 12.1 Å². The molecule has 1 heterocycles. The summed E-state index contributed by atoms with van der Waals surface area (Å²) in [6.07, 6.45) is 1.54. The quantitative estimate of drug-likeness (QED) is 0.666. The lowest BCUT2D eigenvalue weighted by Gasteiger charge is -2.15. The molecule has 3 aromatic rings. The van der Waals surface area contributed by atoms with Gasteiger partial charge in [0.2, 0.25) is 5.75 Å². The highest BCUT2D eigenvalue weighted by Gasteiger charge is 2.16. The second-order valence-electron chi connectivity index (χ2n) is 4.93. The van der Waals surface area contributed by atoms with Crippen LogP contribution in [0.1, 0.15) is 0 Å². The number of para-hydroxylation sites is 1. The molecule has 2 amide bonds. The Morgan fingerprint density at radius 2 is 2.00 bits per heavy atom. The van der Waals surface area contributed by atoms with Gasteiger partial charge < -0.3 is 14.8 Å². The third-order valence-corrected chi connectivity index (χ3v) is 3.90. The van der Waals surface area contributed by atoms with Gasteiger partial charge in [0, 0.05) is 17.6 Å². The van der Waals surface area contributed by atoms with Gasteiger partial charge >= 0.3 is 6.03 Å². The van der Waals surface area contributed by atoms with E-state index in [-0.39, 0.29) is 22.9 Å². The van der Waals surface area contributed by atoms with Crippen LogP contribution in [0.15, 0.2) is 48.0 Å². The maximum Gasteiger partial charge on any atom is 0.325 e. The lowest BCUT2D eigenvalue weighted by atomic mass is 10.2. The average molecular weight is 377 g/mol. The topological polar surface area (TPSA) is 72.5 Å². The van der Waals surface area contributed by atoms with Gasteiger partial charge in [-0.3, -0.25) is 5.32 Å². The molecule has 0 bridgehead atoms. The zero-order chi connectivity index (χ0) is 18.5. The fourth-order valence-corrected chi connectivity index (χ4v) is 2.60. The number of aromatic nitrogens is 1. The minimum atomic E-state index is -0.688. The Kier molecular flexibility index (Phi) is 5.28. The molecule has 0 spiro atoms. The van der Waals surface area contributed by atoms with E-state index in [1.807, 2.05) is 0 Å². The van der Waals surface area contributed by atoms with Gasteiger partial charge in [0.25, 0.3) is 0 Å². The van der Waals surface area contributed by atoms with E-state index in [0.29, 0.717) is 5.13 Å². The van der Waals surface area contributed by atoms with Gasteiger partial charge in [-0.05, 0) is 24.3 Å². The van der Waals surface area contributed by atoms with Crippen molar-refractivity contribution < 1.29 is 23.0 Å². The van der Waals surface area contributed by atoms with Crippen molar-refractivity contribution in [3.05, 3.63) is 59.6 Å². The summed E-state index contributed by atoms with van der Waals surface area (Å²) >= 11 is 1.24. The molecule has 134 valence electrons. The van der Waals surface area contributed by atoms with Gasteiger partial charge in [-0.25, -0.2) is 18.6 Å². The molecule has 0 saturated heterocycles. The molecular formula is C17H13F2N3O3S. The Balaban J connectivity index is 1.86. The monoisotopic (exact) mass is 377 g/mol. The van der Waals surface area contributed by atoms with Crippen molar-refractivity contribution in [2.45, 2.75) is 0 Å². The van der Waals surface area contributed by atoms with Crippen molar-refractivity contribution in [3.63, 3.8) is 0 Å². The standard InChI is InChI=1S/C17H13F2N3O3S/c1-24-13-4-2-3-11(19)15(13)25-14-9-10(18)5-6-12(14)21-16(23)22-17-20-7-8-26-17/h2-9H,1H3,(H2,20,21,22,23). The molecule has 0 aliphatic heterocycles. The fraction of sp³-hybridized carbons (Fsp3) is 0.0588. The highest BCUT2D eigenvalue weighted by atomic mass is 32.1. The minimum Gasteiger partial charge on any atom is -0.493 e. The molecule has 0 aliphatic rings. The largest absolute Gasteiger partial charge is 0.493 e. The summed E-state index contributed by atoms with van der Waals surface area (Å²) in [6, 6.07) is 7.01. The van der Waals surface area contributed by atoms with Crippen LogP contribution in [0.2, 0.25) is 0 Å². The van der Waals surface area contributed by atoms with Crippen LogP contribution in [0.4, 0.5) is 24.4 Å². The Hall–Kier alpha value is -3.20. The number of carbonyl (C=O) groups excluding carboxylic acids is 1. The highest BCUT2D eigenvalue weighted by molar-refractivity contribution is 7.13. The molecule has 9 heteroatoms. The van der Waals surface area contributed by atoms with Crippen LogP contribution in [0.5, 0.6) is 17.2 Å². The Morgan fingerprint density at radius 1 is 1.15 bits per heavy atom. The number of ether oxygens (including phenoxy) is 2. The first kappa shape index (κ1) is 17.6. The van der Waals surface area contributed by atoms with Gasteiger partial charge in [0.15, 0.2) is 22.4 Å². The number of hydrogen-bond donors (Lipinski definition) is 2. The zero-order valence-corrected chi connectivity index (χ0v) is 14.3. The van der Waals surface area contributed by atoms with Crippen LogP contribution in [-0.4, -0.2) is 18.1 Å². The minimum absolute atomic E-state index is 0.0808. The normalized spacial score (nSPS) is 10.3. The molecule has 0 aliphatic carbocycles. The summed E-state index contributed by atoms with van der Waals surface area (Å²) in [5.41, 5.74) is 0.144. The molecule has 2 N–H and O–H groups in total. The van der Waals surface area contributed by atoms with Crippen LogP contribution >= 0.6 is 11.3 Å². The molecule has 2 aromatic carbocycles. The summed E-state index contributed by atoms with van der Waals surface area (Å²) in [7, 11) is 1.36. The summed E-state index contributed by atoms with van der Waals surface area (Å²) in [6.45, 7) is 0. The Morgan fingerprint density at radius 3 is 2.73 bits per heavy atom. The van der Waals surface area contributed by atoms with E-state index in [2.05, 4.69) is 15.6 Å². The lowest BCUT2D eigenvalue weighted by molar-refractivity contribution is 0.262. The van der Waals surface area contributed by atoms with Gasteiger partial charge in [-0.2, -0.15) is 0 Å². The molecule has 0 atom stereocenters. The lowest BCUT2D eigenvalue weighted by Crippen LogP contribution is -2.19. The molecule has 0 fully saturated rings. The van der Waals surface area contributed by atoms with E-state index in [9.17, 15) is 13.6 Å². The average Bonchev–Trinajstić information content (AvgIpc) is 3.12. The molecule has 3 rings (SSSR count). The number of urea groups is 1. The predicted octanol–water partition coefficient (Wildman–Crippen LogP) is 4.87. The number of hydrogen-bond acceptors (Lipinski definition) is 5. The number of nitrogens with zero attached hydrogens (tertiary/aromatic N) is 1. The first-order chi connectivity index (χ1) is 12.6. The molecule has 6 nitrogen and oxygen atoms in total. The fourth-order valence-electron chi connectivity index (χ4n) is 2.08. The number of halogens is 2. The number of methoxy groups -OCH3 is 1. The third-order valence-electron chi connectivity index (χ3n) is 3.21. The molecule has 0 unspecified atom stereocenters. The SMILES string of the molecule is COc1cccc(F)c1Oc1cc(F)ccc1NC(=O)Nc1nccs1. The molecule has 1 aromatic heterocycles. The van der Waals surface area contributed by atoms with Crippen LogP contribution in [0, 0.1) is 11.6 Å². The smallest absolute Gasteiger partial charge is 0.325 e. The number of nitrogens with one attached hydrogen (secondary N) is 2. The van der Waals surface area contributed by atoms with E-state index in [1.165, 1.54) is 48.9 Å². The summed E-state index contributed by atoms with van der Waals surface area (Å²) < 4.78 is 38.2. The molecular weight excluding hydrogens is 364 g/mol. The summed E-state index contributed by atoms with van der Waals surface area (Å²) in [5, 5.41) is 7.13. The van der Waals surface area contributed by atoms with E-state index in [1.54, 1.807) is 5.38 Å². The number of carbonyl (C=O) groups is 1. The molecule has 0 radical (unpaired) electrons. The first-order valence-electron chi connectivity index (χ1n) is 7.34. The van der Waals surface area contributed by atoms with E-state index in [4.69, 9.17) is 9.47 Å². The van der Waals surface area contributed by atoms with Crippen molar-refractivity contribution in [2.24, 2.45) is 0 Å². The molecule has 0 saturated carbocycles. The summed E-state index contributed by atoms with van der Waals surface area (Å²) in [5.74, 6) is -1.47. The number of amides is 2. The third kappa shape index (κ3) is 4.06. The molecule has 26 heavy (non-hydrogen) atoms. The van der Waals surface area contributed by atoms with Crippen molar-refractivity contribution in [1.82, 2.24) is 4.98 Å². The highest BCUT2D eigenvalue weighted by Crippen LogP contribution is 2.37.